The van der Waals surface area contributed by atoms with Crippen LogP contribution in [-0.4, -0.2) is 62.7 Å². The largest absolute Gasteiger partial charge is 0.383 e. The van der Waals surface area contributed by atoms with Crippen LogP contribution in [0.1, 0.15) is 44.6 Å². The Morgan fingerprint density at radius 3 is 2.61 bits per heavy atom. The van der Waals surface area contributed by atoms with Gasteiger partial charge >= 0.3 is 0 Å². The van der Waals surface area contributed by atoms with Crippen LogP contribution in [0.15, 0.2) is 29.3 Å². The van der Waals surface area contributed by atoms with Crippen molar-refractivity contribution in [3.63, 3.8) is 0 Å². The second-order valence-corrected chi connectivity index (χ2v) is 8.21. The van der Waals surface area contributed by atoms with E-state index in [1.807, 2.05) is 4.90 Å². The number of rotatable bonds is 9. The third-order valence-electron chi connectivity index (χ3n) is 5.90. The Bertz CT molecular complexity index is 692. The van der Waals surface area contributed by atoms with Gasteiger partial charge in [0.2, 0.25) is 5.91 Å². The number of nitrogens with one attached hydrogen (secondary N) is 3. The summed E-state index contributed by atoms with van der Waals surface area (Å²) in [6.07, 6.45) is 5.52. The number of carbonyl (C=O) groups is 1. The summed E-state index contributed by atoms with van der Waals surface area (Å²) in [6.45, 7) is 6.61. The van der Waals surface area contributed by atoms with Crippen molar-refractivity contribution in [3.8, 4) is 0 Å². The molecule has 0 spiro atoms. The zero-order valence-corrected chi connectivity index (χ0v) is 21.2. The Labute approximate surface area is 203 Å². The molecule has 2 fully saturated rings. The first-order valence-electron chi connectivity index (χ1n) is 11.3. The van der Waals surface area contributed by atoms with Gasteiger partial charge in [-0.3, -0.25) is 4.79 Å². The molecule has 8 heteroatoms. The lowest BCUT2D eigenvalue weighted by atomic mass is 10.1. The first kappa shape index (κ1) is 25.7. The van der Waals surface area contributed by atoms with Crippen molar-refractivity contribution in [3.05, 3.63) is 29.8 Å². The molecule has 1 saturated carbocycles. The summed E-state index contributed by atoms with van der Waals surface area (Å²) in [4.78, 5) is 19.5. The summed E-state index contributed by atoms with van der Waals surface area (Å²) in [5.74, 6) is 1.44. The van der Waals surface area contributed by atoms with Crippen LogP contribution in [0.2, 0.25) is 0 Å². The highest BCUT2D eigenvalue weighted by molar-refractivity contribution is 14.0. The fourth-order valence-electron chi connectivity index (χ4n) is 4.22. The number of carbonyl (C=O) groups excluding carboxylic acids is 1. The first-order valence-corrected chi connectivity index (χ1v) is 11.3. The standard InChI is InChI=1S/C23H37N5O2.HI/c1-3-24-23(26-16-18-8-10-20(11-9-18)25-13-15-30-2)27-21-12-14-28(17-21)22(29)19-6-4-5-7-19;/h8-11,19,21,25H,3-7,12-17H2,1-2H3,(H2,24,26,27);1H. The van der Waals surface area contributed by atoms with Crippen LogP contribution in [0, 0.1) is 5.92 Å². The molecule has 31 heavy (non-hydrogen) atoms. The summed E-state index contributed by atoms with van der Waals surface area (Å²) >= 11 is 0. The number of amides is 1. The van der Waals surface area contributed by atoms with E-state index in [1.165, 1.54) is 12.8 Å². The van der Waals surface area contributed by atoms with Crippen molar-refractivity contribution in [2.75, 3.05) is 45.2 Å². The van der Waals surface area contributed by atoms with E-state index in [-0.39, 0.29) is 35.9 Å². The minimum absolute atomic E-state index is 0. The van der Waals surface area contributed by atoms with Gasteiger partial charge in [-0.25, -0.2) is 4.99 Å². The van der Waals surface area contributed by atoms with E-state index in [1.54, 1.807) is 7.11 Å². The van der Waals surface area contributed by atoms with E-state index in [0.29, 0.717) is 19.1 Å². The molecule has 3 N–H and O–H groups in total. The molecule has 2 aliphatic rings. The number of hydrogen-bond donors (Lipinski definition) is 3. The Morgan fingerprint density at radius 1 is 1.19 bits per heavy atom. The lowest BCUT2D eigenvalue weighted by Crippen LogP contribution is -2.45. The lowest BCUT2D eigenvalue weighted by molar-refractivity contribution is -0.134. The average Bonchev–Trinajstić information content (AvgIpc) is 3.45. The number of hydrogen-bond acceptors (Lipinski definition) is 4. The van der Waals surface area contributed by atoms with Gasteiger partial charge in [0.25, 0.3) is 0 Å². The maximum absolute atomic E-state index is 12.7. The monoisotopic (exact) mass is 543 g/mol. The van der Waals surface area contributed by atoms with Crippen molar-refractivity contribution >= 4 is 41.5 Å². The fourth-order valence-corrected chi connectivity index (χ4v) is 4.22. The van der Waals surface area contributed by atoms with Crippen molar-refractivity contribution < 1.29 is 9.53 Å². The molecule has 1 unspecified atom stereocenters. The molecular weight excluding hydrogens is 505 g/mol. The van der Waals surface area contributed by atoms with Crippen LogP contribution in [0.4, 0.5) is 5.69 Å². The molecule has 1 heterocycles. The smallest absolute Gasteiger partial charge is 0.225 e. The van der Waals surface area contributed by atoms with Crippen molar-refractivity contribution in [2.45, 2.75) is 51.6 Å². The fraction of sp³-hybridized carbons (Fsp3) is 0.652. The normalized spacial score (nSPS) is 19.2. The highest BCUT2D eigenvalue weighted by Crippen LogP contribution is 2.27. The molecule has 1 aromatic carbocycles. The summed E-state index contributed by atoms with van der Waals surface area (Å²) in [6, 6.07) is 8.61. The molecule has 174 valence electrons. The number of anilines is 1. The van der Waals surface area contributed by atoms with Crippen LogP contribution in [0.25, 0.3) is 0 Å². The van der Waals surface area contributed by atoms with Gasteiger partial charge in [0.15, 0.2) is 5.96 Å². The van der Waals surface area contributed by atoms with Gasteiger partial charge in [-0.15, -0.1) is 24.0 Å². The molecule has 7 nitrogen and oxygen atoms in total. The molecule has 0 radical (unpaired) electrons. The van der Waals surface area contributed by atoms with Gasteiger partial charge < -0.3 is 25.6 Å². The van der Waals surface area contributed by atoms with Crippen LogP contribution in [-0.2, 0) is 16.1 Å². The molecule has 1 saturated heterocycles. The Balaban J connectivity index is 0.00000341. The van der Waals surface area contributed by atoms with Gasteiger partial charge in [0.05, 0.1) is 13.2 Å². The summed E-state index contributed by atoms with van der Waals surface area (Å²) in [7, 11) is 1.70. The van der Waals surface area contributed by atoms with Gasteiger partial charge in [0.1, 0.15) is 0 Å². The molecule has 1 amide bonds. The maximum atomic E-state index is 12.7. The lowest BCUT2D eigenvalue weighted by Gasteiger charge is -2.21. The van der Waals surface area contributed by atoms with E-state index in [0.717, 1.165) is 62.7 Å². The first-order chi connectivity index (χ1) is 14.7. The minimum Gasteiger partial charge on any atom is -0.383 e. The number of benzene rings is 1. The molecule has 1 aromatic rings. The summed E-state index contributed by atoms with van der Waals surface area (Å²) in [5.41, 5.74) is 2.25. The molecule has 1 aliphatic heterocycles. The summed E-state index contributed by atoms with van der Waals surface area (Å²) < 4.78 is 5.06. The number of methoxy groups -OCH3 is 1. The van der Waals surface area contributed by atoms with Crippen LogP contribution < -0.4 is 16.0 Å². The van der Waals surface area contributed by atoms with E-state index >= 15 is 0 Å². The summed E-state index contributed by atoms with van der Waals surface area (Å²) in [5, 5.41) is 10.2. The molecule has 1 atom stereocenters. The van der Waals surface area contributed by atoms with Crippen LogP contribution in [0.5, 0.6) is 0 Å². The highest BCUT2D eigenvalue weighted by Gasteiger charge is 2.32. The number of halogens is 1. The predicted octanol–water partition coefficient (Wildman–Crippen LogP) is 3.21. The minimum atomic E-state index is 0. The third kappa shape index (κ3) is 8.14. The van der Waals surface area contributed by atoms with Crippen molar-refractivity contribution in [2.24, 2.45) is 10.9 Å². The number of guanidine groups is 1. The number of nitrogens with zero attached hydrogens (tertiary/aromatic N) is 2. The van der Waals surface area contributed by atoms with E-state index in [9.17, 15) is 4.79 Å². The Kier molecular flexibility index (Phi) is 11.4. The maximum Gasteiger partial charge on any atom is 0.225 e. The zero-order chi connectivity index (χ0) is 21.2. The molecule has 0 bridgehead atoms. The van der Waals surface area contributed by atoms with E-state index in [2.05, 4.69) is 47.1 Å². The third-order valence-corrected chi connectivity index (χ3v) is 5.90. The second-order valence-electron chi connectivity index (χ2n) is 8.21. The quantitative estimate of drug-likeness (QED) is 0.193. The van der Waals surface area contributed by atoms with Crippen molar-refractivity contribution in [1.82, 2.24) is 15.5 Å². The number of aliphatic imine (C=N–C) groups is 1. The van der Waals surface area contributed by atoms with Crippen LogP contribution >= 0.6 is 24.0 Å². The SMILES string of the molecule is CCNC(=NCc1ccc(NCCOC)cc1)NC1CCN(C(=O)C2CCCC2)C1.I. The Hall–Kier alpha value is -1.55. The average molecular weight is 543 g/mol. The highest BCUT2D eigenvalue weighted by atomic mass is 127. The van der Waals surface area contributed by atoms with Gasteiger partial charge in [-0.1, -0.05) is 25.0 Å². The topological polar surface area (TPSA) is 78.0 Å². The van der Waals surface area contributed by atoms with Crippen LogP contribution in [0.3, 0.4) is 0 Å². The number of ether oxygens (including phenoxy) is 1. The zero-order valence-electron chi connectivity index (χ0n) is 18.9. The van der Waals surface area contributed by atoms with Gasteiger partial charge in [-0.2, -0.15) is 0 Å². The van der Waals surface area contributed by atoms with Gasteiger partial charge in [-0.05, 0) is 43.9 Å². The number of likely N-dealkylation sites (tertiary alicyclic amines) is 1. The van der Waals surface area contributed by atoms with E-state index in [4.69, 9.17) is 9.73 Å². The molecular formula is C23H38IN5O2. The molecule has 1 aliphatic carbocycles. The molecule has 0 aromatic heterocycles. The van der Waals surface area contributed by atoms with Gasteiger partial charge in [0, 0.05) is 50.9 Å². The predicted molar refractivity (Wildman–Crippen MR) is 137 cm³/mol. The molecule has 3 rings (SSSR count). The van der Waals surface area contributed by atoms with Crippen molar-refractivity contribution in [1.29, 1.82) is 0 Å². The second kappa shape index (κ2) is 13.8. The Morgan fingerprint density at radius 2 is 1.94 bits per heavy atom. The van der Waals surface area contributed by atoms with E-state index < -0.39 is 0 Å².